The Morgan fingerprint density at radius 1 is 1.38 bits per heavy atom. The van der Waals surface area contributed by atoms with Gasteiger partial charge in [-0.05, 0) is 12.1 Å². The number of aromatic nitrogens is 2. The van der Waals surface area contributed by atoms with E-state index in [0.29, 0.717) is 36.1 Å². The van der Waals surface area contributed by atoms with Gasteiger partial charge in [-0.15, -0.1) is 0 Å². The average Bonchev–Trinajstić information content (AvgIpc) is 3.14. The van der Waals surface area contributed by atoms with Gasteiger partial charge in [0, 0.05) is 12.3 Å². The normalized spacial score (nSPS) is 12.0. The predicted molar refractivity (Wildman–Crippen MR) is 73.7 cm³/mol. The zero-order chi connectivity index (χ0) is 14.5. The Bertz CT molecular complexity index is 615. The van der Waals surface area contributed by atoms with Gasteiger partial charge >= 0.3 is 6.03 Å². The number of carbonyl (C=O) groups is 1. The van der Waals surface area contributed by atoms with Crippen LogP contribution in [-0.4, -0.2) is 36.2 Å². The summed E-state index contributed by atoms with van der Waals surface area (Å²) in [4.78, 5) is 11.5. The zero-order valence-electron chi connectivity index (χ0n) is 11.1. The summed E-state index contributed by atoms with van der Waals surface area (Å²) in [6.07, 6.45) is 3.10. The highest BCUT2D eigenvalue weighted by molar-refractivity contribution is 5.88. The number of fused-ring (bicyclic) bond motifs is 1. The van der Waals surface area contributed by atoms with Gasteiger partial charge < -0.3 is 24.8 Å². The Balaban J connectivity index is 1.39. The van der Waals surface area contributed by atoms with Gasteiger partial charge in [-0.1, -0.05) is 0 Å². The van der Waals surface area contributed by atoms with Crippen LogP contribution >= 0.6 is 0 Å². The minimum atomic E-state index is -0.314. The van der Waals surface area contributed by atoms with Crippen LogP contribution in [0.1, 0.15) is 0 Å². The molecule has 0 spiro atoms. The fraction of sp³-hybridized carbons (Fsp3) is 0.231. The summed E-state index contributed by atoms with van der Waals surface area (Å²) in [6, 6.07) is 5.02. The number of benzene rings is 1. The number of nitrogens with zero attached hydrogens (tertiary/aromatic N) is 1. The van der Waals surface area contributed by atoms with Crippen LogP contribution in [0.4, 0.5) is 10.5 Å². The van der Waals surface area contributed by atoms with Crippen molar-refractivity contribution in [1.29, 1.82) is 0 Å². The van der Waals surface area contributed by atoms with E-state index in [1.165, 1.54) is 6.20 Å². The van der Waals surface area contributed by atoms with Crippen LogP contribution in [0.5, 0.6) is 17.2 Å². The third-order valence-electron chi connectivity index (χ3n) is 2.76. The van der Waals surface area contributed by atoms with Crippen molar-refractivity contribution in [3.8, 4) is 17.2 Å². The molecule has 0 atom stereocenters. The maximum atomic E-state index is 11.5. The Hall–Kier alpha value is -2.90. The van der Waals surface area contributed by atoms with E-state index in [-0.39, 0.29) is 12.8 Å². The second kappa shape index (κ2) is 6.04. The summed E-state index contributed by atoms with van der Waals surface area (Å²) in [6.45, 7) is 0.950. The number of hydrogen-bond acceptors (Lipinski definition) is 5. The average molecular weight is 290 g/mol. The van der Waals surface area contributed by atoms with Crippen molar-refractivity contribution in [3.05, 3.63) is 30.6 Å². The lowest BCUT2D eigenvalue weighted by molar-refractivity contribution is 0.173. The van der Waals surface area contributed by atoms with E-state index in [9.17, 15) is 4.79 Å². The Kier molecular flexibility index (Phi) is 3.77. The first-order valence-electron chi connectivity index (χ1n) is 6.37. The zero-order valence-corrected chi connectivity index (χ0v) is 11.1. The third-order valence-corrected chi connectivity index (χ3v) is 2.76. The summed E-state index contributed by atoms with van der Waals surface area (Å²) >= 11 is 0. The molecule has 8 nitrogen and oxygen atoms in total. The molecule has 1 aliphatic heterocycles. The van der Waals surface area contributed by atoms with Crippen LogP contribution in [0.15, 0.2) is 30.6 Å². The van der Waals surface area contributed by atoms with Gasteiger partial charge in [-0.25, -0.2) is 4.79 Å². The van der Waals surface area contributed by atoms with Gasteiger partial charge in [0.15, 0.2) is 11.5 Å². The fourth-order valence-electron chi connectivity index (χ4n) is 1.79. The maximum Gasteiger partial charge on any atom is 0.319 e. The minimum absolute atomic E-state index is 0.231. The lowest BCUT2D eigenvalue weighted by Crippen LogP contribution is -2.32. The molecule has 0 aliphatic carbocycles. The van der Waals surface area contributed by atoms with Crippen molar-refractivity contribution < 1.29 is 19.0 Å². The Morgan fingerprint density at radius 3 is 3.14 bits per heavy atom. The monoisotopic (exact) mass is 290 g/mol. The fourth-order valence-corrected chi connectivity index (χ4v) is 1.79. The summed E-state index contributed by atoms with van der Waals surface area (Å²) in [7, 11) is 0. The second-order valence-electron chi connectivity index (χ2n) is 4.23. The molecule has 8 heteroatoms. The number of rotatable bonds is 5. The van der Waals surface area contributed by atoms with Crippen molar-refractivity contribution >= 4 is 11.7 Å². The van der Waals surface area contributed by atoms with E-state index in [4.69, 9.17) is 14.2 Å². The molecule has 1 aromatic heterocycles. The number of nitrogens with one attached hydrogen (secondary N) is 3. The molecule has 2 amide bonds. The van der Waals surface area contributed by atoms with E-state index in [2.05, 4.69) is 20.8 Å². The number of anilines is 1. The minimum Gasteiger partial charge on any atom is -0.492 e. The molecule has 3 N–H and O–H groups in total. The summed E-state index contributed by atoms with van der Waals surface area (Å²) in [5.74, 6) is 2.04. The molecule has 0 radical (unpaired) electrons. The van der Waals surface area contributed by atoms with Gasteiger partial charge in [0.05, 0.1) is 18.4 Å². The molecule has 1 aromatic carbocycles. The van der Waals surface area contributed by atoms with Crippen molar-refractivity contribution in [2.24, 2.45) is 0 Å². The first-order chi connectivity index (χ1) is 10.3. The molecule has 0 unspecified atom stereocenters. The number of H-pyrrole nitrogens is 1. The van der Waals surface area contributed by atoms with Gasteiger partial charge in [-0.2, -0.15) is 5.10 Å². The number of aromatic amines is 1. The van der Waals surface area contributed by atoms with Crippen LogP contribution in [0.2, 0.25) is 0 Å². The van der Waals surface area contributed by atoms with Crippen molar-refractivity contribution in [2.75, 3.05) is 25.3 Å². The van der Waals surface area contributed by atoms with Crippen LogP contribution in [0.25, 0.3) is 0 Å². The standard InChI is InChI=1S/C13H14N4O4/c18-13(17-9-6-15-16-7-9)14-3-4-19-10-1-2-11-12(5-10)21-8-20-11/h1-2,5-7H,3-4,8H2,(H,15,16)(H2,14,17,18). The van der Waals surface area contributed by atoms with Crippen LogP contribution in [0, 0.1) is 0 Å². The summed E-state index contributed by atoms with van der Waals surface area (Å²) < 4.78 is 16.0. The van der Waals surface area contributed by atoms with Crippen LogP contribution in [-0.2, 0) is 0 Å². The van der Waals surface area contributed by atoms with E-state index in [0.717, 1.165) is 0 Å². The molecule has 0 fully saturated rings. The van der Waals surface area contributed by atoms with E-state index in [1.807, 2.05) is 0 Å². The van der Waals surface area contributed by atoms with Gasteiger partial charge in [0.1, 0.15) is 12.4 Å². The van der Waals surface area contributed by atoms with Gasteiger partial charge in [0.25, 0.3) is 0 Å². The van der Waals surface area contributed by atoms with E-state index < -0.39 is 0 Å². The highest BCUT2D eigenvalue weighted by Gasteiger charge is 2.13. The smallest absolute Gasteiger partial charge is 0.319 e. The number of ether oxygens (including phenoxy) is 3. The van der Waals surface area contributed by atoms with E-state index in [1.54, 1.807) is 24.4 Å². The van der Waals surface area contributed by atoms with Crippen molar-refractivity contribution in [1.82, 2.24) is 15.5 Å². The second-order valence-corrected chi connectivity index (χ2v) is 4.23. The topological polar surface area (TPSA) is 97.5 Å². The SMILES string of the molecule is O=C(NCCOc1ccc2c(c1)OCO2)Nc1cn[nH]c1. The predicted octanol–water partition coefficient (Wildman–Crippen LogP) is 1.34. The molecule has 1 aliphatic rings. The van der Waals surface area contributed by atoms with Crippen LogP contribution in [0.3, 0.4) is 0 Å². The number of carbonyl (C=O) groups excluding carboxylic acids is 1. The Labute approximate surface area is 120 Å². The largest absolute Gasteiger partial charge is 0.492 e. The molecule has 0 bridgehead atoms. The van der Waals surface area contributed by atoms with Crippen molar-refractivity contribution in [3.63, 3.8) is 0 Å². The third kappa shape index (κ3) is 3.35. The summed E-state index contributed by atoms with van der Waals surface area (Å²) in [5, 5.41) is 11.6. The highest BCUT2D eigenvalue weighted by Crippen LogP contribution is 2.34. The summed E-state index contributed by atoms with van der Waals surface area (Å²) in [5.41, 5.74) is 0.601. The van der Waals surface area contributed by atoms with Gasteiger partial charge in [0.2, 0.25) is 6.79 Å². The number of hydrogen-bond donors (Lipinski definition) is 3. The first-order valence-corrected chi connectivity index (χ1v) is 6.37. The number of amides is 2. The molecule has 21 heavy (non-hydrogen) atoms. The molecule has 0 saturated heterocycles. The highest BCUT2D eigenvalue weighted by atomic mass is 16.7. The lowest BCUT2D eigenvalue weighted by atomic mass is 10.3. The Morgan fingerprint density at radius 2 is 2.29 bits per heavy atom. The number of urea groups is 1. The van der Waals surface area contributed by atoms with Gasteiger partial charge in [-0.3, -0.25) is 5.10 Å². The van der Waals surface area contributed by atoms with Crippen LogP contribution < -0.4 is 24.8 Å². The molecular formula is C13H14N4O4. The molecule has 110 valence electrons. The maximum absolute atomic E-state index is 11.5. The molecular weight excluding hydrogens is 276 g/mol. The molecule has 2 heterocycles. The molecule has 0 saturated carbocycles. The van der Waals surface area contributed by atoms with E-state index >= 15 is 0 Å². The first kappa shape index (κ1) is 13.1. The molecule has 2 aromatic rings. The quantitative estimate of drug-likeness (QED) is 0.722. The molecule has 3 rings (SSSR count). The van der Waals surface area contributed by atoms with Crippen molar-refractivity contribution in [2.45, 2.75) is 0 Å². The lowest BCUT2D eigenvalue weighted by Gasteiger charge is -2.08.